The summed E-state index contributed by atoms with van der Waals surface area (Å²) in [7, 11) is 0. The lowest BCUT2D eigenvalue weighted by Crippen LogP contribution is -2.47. The third kappa shape index (κ3) is 5.26. The van der Waals surface area contributed by atoms with Crippen molar-refractivity contribution in [2.24, 2.45) is 0 Å². The van der Waals surface area contributed by atoms with Crippen LogP contribution in [-0.2, 0) is 9.53 Å². The van der Waals surface area contributed by atoms with Crippen LogP contribution in [0.2, 0.25) is 0 Å². The fraction of sp³-hybridized carbons (Fsp3) is 0.611. The van der Waals surface area contributed by atoms with E-state index in [-0.39, 0.29) is 30.5 Å². The first-order valence-corrected chi connectivity index (χ1v) is 8.54. The van der Waals surface area contributed by atoms with Crippen molar-refractivity contribution in [3.8, 4) is 0 Å². The Morgan fingerprint density at radius 3 is 2.83 bits per heavy atom. The number of likely N-dealkylation sites (tertiary alicyclic amines) is 1. The molecule has 1 aromatic carbocycles. The number of carbonyl (C=O) groups excluding carboxylic acids is 1. The molecule has 2 N–H and O–H groups in total. The van der Waals surface area contributed by atoms with Gasteiger partial charge in [0.25, 0.3) is 0 Å². The predicted molar refractivity (Wildman–Crippen MR) is 91.5 cm³/mol. The van der Waals surface area contributed by atoms with Gasteiger partial charge in [-0.3, -0.25) is 9.69 Å². The van der Waals surface area contributed by atoms with Gasteiger partial charge >= 0.3 is 0 Å². The van der Waals surface area contributed by atoms with Crippen molar-refractivity contribution in [2.75, 3.05) is 31.6 Å². The fourth-order valence-electron chi connectivity index (χ4n) is 2.88. The molecule has 1 aromatic rings. The number of carbonyl (C=O) groups is 1. The van der Waals surface area contributed by atoms with Crippen LogP contribution in [0.1, 0.15) is 31.7 Å². The van der Waals surface area contributed by atoms with Crippen molar-refractivity contribution in [3.05, 3.63) is 29.6 Å². The molecular formula is C18H27FN2O3. The zero-order chi connectivity index (χ0) is 17.5. The highest BCUT2D eigenvalue weighted by atomic mass is 19.1. The minimum Gasteiger partial charge on any atom is -0.396 e. The van der Waals surface area contributed by atoms with Crippen LogP contribution in [0.15, 0.2) is 18.2 Å². The fourth-order valence-corrected chi connectivity index (χ4v) is 2.88. The molecule has 2 rings (SSSR count). The number of rotatable bonds is 7. The molecule has 6 heteroatoms. The third-order valence-corrected chi connectivity index (χ3v) is 4.52. The van der Waals surface area contributed by atoms with Gasteiger partial charge in [0.1, 0.15) is 5.82 Å². The Morgan fingerprint density at radius 1 is 1.46 bits per heavy atom. The van der Waals surface area contributed by atoms with E-state index in [0.717, 1.165) is 31.5 Å². The molecule has 0 spiro atoms. The normalized spacial score (nSPS) is 17.7. The van der Waals surface area contributed by atoms with E-state index in [9.17, 15) is 9.18 Å². The van der Waals surface area contributed by atoms with Crippen molar-refractivity contribution in [1.82, 2.24) is 4.90 Å². The average Bonchev–Trinajstić information content (AvgIpc) is 2.58. The van der Waals surface area contributed by atoms with E-state index >= 15 is 0 Å². The van der Waals surface area contributed by atoms with Crippen LogP contribution in [0.25, 0.3) is 0 Å². The van der Waals surface area contributed by atoms with Gasteiger partial charge in [0.05, 0.1) is 12.1 Å². The minimum absolute atomic E-state index is 0.122. The number of hydrogen-bond donors (Lipinski definition) is 2. The monoisotopic (exact) mass is 338 g/mol. The Hall–Kier alpha value is -1.50. The molecule has 0 bridgehead atoms. The van der Waals surface area contributed by atoms with Crippen LogP contribution >= 0.6 is 0 Å². The van der Waals surface area contributed by atoms with Crippen molar-refractivity contribution >= 4 is 11.6 Å². The maximum atomic E-state index is 13.3. The Labute approximate surface area is 142 Å². The Kier molecular flexibility index (Phi) is 7.15. The molecule has 0 saturated carbocycles. The number of amides is 1. The first-order chi connectivity index (χ1) is 11.5. The van der Waals surface area contributed by atoms with E-state index < -0.39 is 0 Å². The summed E-state index contributed by atoms with van der Waals surface area (Å²) in [5.74, 6) is -0.479. The summed E-state index contributed by atoms with van der Waals surface area (Å²) >= 11 is 0. The van der Waals surface area contributed by atoms with Crippen LogP contribution in [-0.4, -0.2) is 54.4 Å². The maximum Gasteiger partial charge on any atom is 0.241 e. The van der Waals surface area contributed by atoms with Gasteiger partial charge < -0.3 is 15.2 Å². The number of nitrogens with zero attached hydrogens (tertiary/aromatic N) is 1. The van der Waals surface area contributed by atoms with Crippen molar-refractivity contribution in [1.29, 1.82) is 0 Å². The van der Waals surface area contributed by atoms with Gasteiger partial charge in [0, 0.05) is 32.0 Å². The molecule has 1 amide bonds. The summed E-state index contributed by atoms with van der Waals surface area (Å²) in [6.07, 6.45) is 2.62. The number of benzene rings is 1. The smallest absolute Gasteiger partial charge is 0.241 e. The number of hydrogen-bond acceptors (Lipinski definition) is 4. The molecular weight excluding hydrogens is 311 g/mol. The van der Waals surface area contributed by atoms with Gasteiger partial charge in [0.2, 0.25) is 5.91 Å². The second-order valence-electron chi connectivity index (χ2n) is 6.31. The molecule has 1 fully saturated rings. The topological polar surface area (TPSA) is 61.8 Å². The number of aryl methyl sites for hydroxylation is 1. The first-order valence-electron chi connectivity index (χ1n) is 8.54. The number of nitrogens with one attached hydrogen (secondary N) is 1. The van der Waals surface area contributed by atoms with E-state index in [1.165, 1.54) is 12.1 Å². The molecule has 1 heterocycles. The van der Waals surface area contributed by atoms with Crippen molar-refractivity contribution in [2.45, 2.75) is 45.3 Å². The summed E-state index contributed by atoms with van der Waals surface area (Å²) < 4.78 is 19.0. The van der Waals surface area contributed by atoms with Crippen LogP contribution in [0.4, 0.5) is 10.1 Å². The molecule has 1 aliphatic rings. The highest BCUT2D eigenvalue weighted by Crippen LogP contribution is 2.19. The summed E-state index contributed by atoms with van der Waals surface area (Å²) in [5.41, 5.74) is 1.36. The summed E-state index contributed by atoms with van der Waals surface area (Å²) in [6, 6.07) is 4.12. The SMILES string of the molecule is Cc1ccc(F)cc1NC(=O)C(C)N1CCC(OCCCO)CC1. The number of aliphatic hydroxyl groups excluding tert-OH is 1. The zero-order valence-corrected chi connectivity index (χ0v) is 14.4. The molecule has 0 aromatic heterocycles. The standard InChI is InChI=1S/C18H27FN2O3/c1-13-4-5-15(19)12-17(13)20-18(23)14(2)21-8-6-16(7-9-21)24-11-3-10-22/h4-5,12,14,16,22H,3,6-11H2,1-2H3,(H,20,23). The van der Waals surface area contributed by atoms with Crippen LogP contribution in [0, 0.1) is 12.7 Å². The van der Waals surface area contributed by atoms with Gasteiger partial charge in [-0.2, -0.15) is 0 Å². The van der Waals surface area contributed by atoms with Gasteiger partial charge in [-0.15, -0.1) is 0 Å². The van der Waals surface area contributed by atoms with Crippen LogP contribution in [0.5, 0.6) is 0 Å². The predicted octanol–water partition coefficient (Wildman–Crippen LogP) is 2.32. The molecule has 0 radical (unpaired) electrons. The van der Waals surface area contributed by atoms with E-state index in [1.54, 1.807) is 6.07 Å². The lowest BCUT2D eigenvalue weighted by atomic mass is 10.1. The summed E-state index contributed by atoms with van der Waals surface area (Å²) in [6.45, 7) is 6.03. The van der Waals surface area contributed by atoms with E-state index in [0.29, 0.717) is 18.7 Å². The maximum absolute atomic E-state index is 13.3. The van der Waals surface area contributed by atoms with Crippen LogP contribution in [0.3, 0.4) is 0 Å². The summed E-state index contributed by atoms with van der Waals surface area (Å²) in [5, 5.41) is 11.6. The lowest BCUT2D eigenvalue weighted by Gasteiger charge is -2.35. The van der Waals surface area contributed by atoms with Crippen molar-refractivity contribution in [3.63, 3.8) is 0 Å². The number of piperidine rings is 1. The van der Waals surface area contributed by atoms with Crippen LogP contribution < -0.4 is 5.32 Å². The number of anilines is 1. The Bertz CT molecular complexity index is 545. The zero-order valence-electron chi connectivity index (χ0n) is 14.4. The van der Waals surface area contributed by atoms with E-state index in [1.807, 2.05) is 13.8 Å². The van der Waals surface area contributed by atoms with Crippen molar-refractivity contribution < 1.29 is 19.0 Å². The largest absolute Gasteiger partial charge is 0.396 e. The molecule has 1 aliphatic heterocycles. The van der Waals surface area contributed by atoms with E-state index in [2.05, 4.69) is 10.2 Å². The quantitative estimate of drug-likeness (QED) is 0.749. The molecule has 1 unspecified atom stereocenters. The molecule has 24 heavy (non-hydrogen) atoms. The highest BCUT2D eigenvalue weighted by molar-refractivity contribution is 5.95. The van der Waals surface area contributed by atoms with E-state index in [4.69, 9.17) is 9.84 Å². The lowest BCUT2D eigenvalue weighted by molar-refractivity contribution is -0.121. The van der Waals surface area contributed by atoms with Gasteiger partial charge in [-0.1, -0.05) is 6.07 Å². The molecule has 134 valence electrons. The molecule has 5 nitrogen and oxygen atoms in total. The van der Waals surface area contributed by atoms with Gasteiger partial charge in [0.15, 0.2) is 0 Å². The Balaban J connectivity index is 1.82. The number of ether oxygens (including phenoxy) is 1. The third-order valence-electron chi connectivity index (χ3n) is 4.52. The van der Waals surface area contributed by atoms with Gasteiger partial charge in [-0.05, 0) is 50.8 Å². The molecule has 1 atom stereocenters. The first kappa shape index (κ1) is 18.8. The van der Waals surface area contributed by atoms with Gasteiger partial charge in [-0.25, -0.2) is 4.39 Å². The minimum atomic E-state index is -0.357. The second-order valence-corrected chi connectivity index (χ2v) is 6.31. The molecule has 0 aliphatic carbocycles. The summed E-state index contributed by atoms with van der Waals surface area (Å²) in [4.78, 5) is 14.6. The molecule has 1 saturated heterocycles. The Morgan fingerprint density at radius 2 is 2.17 bits per heavy atom. The second kappa shape index (κ2) is 9.11. The average molecular weight is 338 g/mol. The highest BCUT2D eigenvalue weighted by Gasteiger charge is 2.27. The number of halogens is 1. The number of aliphatic hydroxyl groups is 1.